The summed E-state index contributed by atoms with van der Waals surface area (Å²) in [6, 6.07) is 54.1. The second kappa shape index (κ2) is 19.0. The van der Waals surface area contributed by atoms with Gasteiger partial charge < -0.3 is 34.0 Å². The summed E-state index contributed by atoms with van der Waals surface area (Å²) in [5.41, 5.74) is 6.63. The molecular formula is C34H25Br3Sn. The van der Waals surface area contributed by atoms with Crippen molar-refractivity contribution in [2.24, 2.45) is 0 Å². The third-order valence-corrected chi connectivity index (χ3v) is 6.13. The summed E-state index contributed by atoms with van der Waals surface area (Å²) in [7, 11) is 0. The van der Waals surface area contributed by atoms with E-state index in [1.807, 2.05) is 66.7 Å². The molecule has 0 amide bonds. The fourth-order valence-electron chi connectivity index (χ4n) is 3.61. The Morgan fingerprint density at radius 1 is 0.500 bits per heavy atom. The number of rotatable bonds is 5. The van der Waals surface area contributed by atoms with E-state index in [-0.39, 0.29) is 57.9 Å². The van der Waals surface area contributed by atoms with E-state index >= 15 is 0 Å². The van der Waals surface area contributed by atoms with Crippen LogP contribution in [0.2, 0.25) is 0 Å². The molecule has 5 aromatic rings. The van der Waals surface area contributed by atoms with Crippen LogP contribution in [-0.2, 0) is 0 Å². The molecule has 0 saturated carbocycles. The van der Waals surface area contributed by atoms with E-state index in [0.29, 0.717) is 0 Å². The Morgan fingerprint density at radius 2 is 0.895 bits per heavy atom. The Labute approximate surface area is 273 Å². The molecule has 38 heavy (non-hydrogen) atoms. The molecule has 0 bridgehead atoms. The van der Waals surface area contributed by atoms with E-state index in [0.717, 1.165) is 37.9 Å². The average molecular weight is 792 g/mol. The minimum absolute atomic E-state index is 0. The quantitative estimate of drug-likeness (QED) is 0.146. The standard InChI is InChI=1S/C28H20Br.C6H5.2BrH.Sn/c29-28(25-19-11-4-12-20-25)27(24-17-9-3-10-18-24)26(23-15-7-2-8-16-23)21-22-13-5-1-6-14-22;1-2-4-6-5-3-1;;;/h1-20H;1-5H;2*1H;/q;;;;+2/p-2/b26-21?,28-27+;;;;. The summed E-state index contributed by atoms with van der Waals surface area (Å²) < 4.78 is 1.05. The van der Waals surface area contributed by atoms with Gasteiger partial charge in [0.15, 0.2) is 0 Å². The van der Waals surface area contributed by atoms with Crippen molar-refractivity contribution in [3.8, 4) is 0 Å². The third kappa shape index (κ3) is 10.2. The zero-order valence-electron chi connectivity index (χ0n) is 20.6. The van der Waals surface area contributed by atoms with Crippen LogP contribution in [0.3, 0.4) is 0 Å². The minimum atomic E-state index is 0. The second-order valence-corrected chi connectivity index (χ2v) is 8.52. The smallest absolute Gasteiger partial charge is 1.00 e. The molecule has 5 rings (SSSR count). The van der Waals surface area contributed by atoms with Gasteiger partial charge in [-0.3, -0.25) is 0 Å². The summed E-state index contributed by atoms with van der Waals surface area (Å²) >= 11 is 3.92. The molecule has 0 aliphatic heterocycles. The van der Waals surface area contributed by atoms with Gasteiger partial charge in [0.05, 0.1) is 0 Å². The van der Waals surface area contributed by atoms with E-state index in [4.69, 9.17) is 0 Å². The number of allylic oxidation sites excluding steroid dienone is 2. The SMILES string of the molecule is Br/C(=C(/C(=[C]c1ccccc1)c1ccccc1)c1ccccc1)c1ccccc1.[Br-].[Br-].[Sn+2].[c]1ccccc1. The van der Waals surface area contributed by atoms with Gasteiger partial charge in [-0.25, -0.2) is 0 Å². The molecule has 0 aliphatic rings. The molecule has 0 aromatic heterocycles. The predicted molar refractivity (Wildman–Crippen MR) is 158 cm³/mol. The maximum Gasteiger partial charge on any atom is 2.00 e. The number of halogens is 3. The van der Waals surface area contributed by atoms with Crippen LogP contribution in [0, 0.1) is 12.1 Å². The van der Waals surface area contributed by atoms with E-state index in [1.54, 1.807) is 0 Å². The van der Waals surface area contributed by atoms with Crippen molar-refractivity contribution in [3.63, 3.8) is 0 Å². The second-order valence-electron chi connectivity index (χ2n) is 7.73. The number of hydrogen-bond acceptors (Lipinski definition) is 0. The number of hydrogen-bond donors (Lipinski definition) is 0. The maximum atomic E-state index is 3.92. The zero-order chi connectivity index (χ0) is 24.1. The van der Waals surface area contributed by atoms with Gasteiger partial charge in [0.2, 0.25) is 0 Å². The Balaban J connectivity index is 0.000000711. The molecule has 0 fully saturated rings. The molecule has 5 aromatic carbocycles. The van der Waals surface area contributed by atoms with Gasteiger partial charge in [0.25, 0.3) is 0 Å². The molecule has 186 valence electrons. The topological polar surface area (TPSA) is 0 Å². The molecule has 0 nitrogen and oxygen atoms in total. The molecule has 0 unspecified atom stereocenters. The Hall–Kier alpha value is -2.18. The molecule has 0 heterocycles. The summed E-state index contributed by atoms with van der Waals surface area (Å²) in [6.45, 7) is 0. The first-order valence-electron chi connectivity index (χ1n) is 11.5. The Bertz CT molecular complexity index is 1330. The molecule has 0 saturated heterocycles. The maximum absolute atomic E-state index is 3.92. The fraction of sp³-hybridized carbons (Fsp3) is 0. The van der Waals surface area contributed by atoms with Crippen LogP contribution in [0.5, 0.6) is 0 Å². The van der Waals surface area contributed by atoms with Crippen LogP contribution < -0.4 is 34.0 Å². The number of benzene rings is 5. The first-order chi connectivity index (χ1) is 17.3. The molecule has 4 radical (unpaired) electrons. The molecule has 0 spiro atoms. The first-order valence-corrected chi connectivity index (χ1v) is 12.3. The first kappa shape index (κ1) is 33.8. The van der Waals surface area contributed by atoms with Gasteiger partial charge in [0, 0.05) is 10.1 Å². The van der Waals surface area contributed by atoms with Gasteiger partial charge in [-0.15, -0.1) is 0 Å². The normalized spacial score (nSPS) is 10.7. The Kier molecular flexibility index (Phi) is 16.9. The van der Waals surface area contributed by atoms with Crippen LogP contribution >= 0.6 is 15.9 Å². The molecule has 4 heteroatoms. The van der Waals surface area contributed by atoms with Crippen LogP contribution in [0.15, 0.2) is 152 Å². The predicted octanol–water partition coefficient (Wildman–Crippen LogP) is 3.00. The van der Waals surface area contributed by atoms with Crippen molar-refractivity contribution >= 4 is 55.5 Å². The fourth-order valence-corrected chi connectivity index (χ4v) is 4.30. The van der Waals surface area contributed by atoms with Gasteiger partial charge in [-0.2, -0.15) is 0 Å². The van der Waals surface area contributed by atoms with Crippen LogP contribution in [0.1, 0.15) is 22.3 Å². The van der Waals surface area contributed by atoms with E-state index in [1.165, 1.54) is 0 Å². The molecular weight excluding hydrogens is 767 g/mol. The summed E-state index contributed by atoms with van der Waals surface area (Å²) in [5, 5.41) is 0. The molecule has 0 N–H and O–H groups in total. The van der Waals surface area contributed by atoms with E-state index < -0.39 is 0 Å². The summed E-state index contributed by atoms with van der Waals surface area (Å²) in [5.74, 6) is 0. The molecule has 0 aliphatic carbocycles. The summed E-state index contributed by atoms with van der Waals surface area (Å²) in [4.78, 5) is 0. The van der Waals surface area contributed by atoms with Crippen molar-refractivity contribution in [3.05, 3.63) is 186 Å². The zero-order valence-corrected chi connectivity index (χ0v) is 28.2. The monoisotopic (exact) mass is 790 g/mol. The van der Waals surface area contributed by atoms with Crippen molar-refractivity contribution in [1.29, 1.82) is 0 Å². The van der Waals surface area contributed by atoms with Crippen LogP contribution in [-0.4, -0.2) is 23.9 Å². The van der Waals surface area contributed by atoms with Crippen LogP contribution in [0.4, 0.5) is 0 Å². The molecule has 0 atom stereocenters. The van der Waals surface area contributed by atoms with Crippen molar-refractivity contribution in [2.45, 2.75) is 0 Å². The van der Waals surface area contributed by atoms with Gasteiger partial charge >= 0.3 is 23.9 Å². The van der Waals surface area contributed by atoms with Gasteiger partial charge in [-0.05, 0) is 55.9 Å². The van der Waals surface area contributed by atoms with Crippen molar-refractivity contribution in [1.82, 2.24) is 0 Å². The third-order valence-electron chi connectivity index (χ3n) is 5.27. The van der Waals surface area contributed by atoms with Gasteiger partial charge in [-0.1, -0.05) is 152 Å². The minimum Gasteiger partial charge on any atom is -1.00 e. The summed E-state index contributed by atoms with van der Waals surface area (Å²) in [6.07, 6.45) is 3.67. The average Bonchev–Trinajstić information content (AvgIpc) is 2.96. The van der Waals surface area contributed by atoms with Crippen molar-refractivity contribution < 1.29 is 34.0 Å². The largest absolute Gasteiger partial charge is 2.00 e. The van der Waals surface area contributed by atoms with E-state index in [2.05, 4.69) is 113 Å². The van der Waals surface area contributed by atoms with E-state index in [9.17, 15) is 0 Å². The van der Waals surface area contributed by atoms with Gasteiger partial charge in [0.1, 0.15) is 0 Å². The Morgan fingerprint density at radius 3 is 1.32 bits per heavy atom. The van der Waals surface area contributed by atoms with Crippen molar-refractivity contribution in [2.75, 3.05) is 0 Å². The van der Waals surface area contributed by atoms with Crippen LogP contribution in [0.25, 0.3) is 15.6 Å².